The summed E-state index contributed by atoms with van der Waals surface area (Å²) in [5, 5.41) is 8.81. The largest absolute Gasteiger partial charge is 0.380 e. The van der Waals surface area contributed by atoms with Crippen molar-refractivity contribution in [3.63, 3.8) is 0 Å². The minimum Gasteiger partial charge on any atom is -0.380 e. The van der Waals surface area contributed by atoms with E-state index >= 15 is 0 Å². The SMILES string of the molecule is CO[C@@H]1C[C@@H](c2nnc3n2CCC3)N(CC(=O)N2CCC(C)CC2)C1. The maximum absolute atomic E-state index is 12.8. The molecule has 0 N–H and O–H groups in total. The summed E-state index contributed by atoms with van der Waals surface area (Å²) in [5.74, 6) is 3.09. The normalized spacial score (nSPS) is 27.8. The van der Waals surface area contributed by atoms with E-state index < -0.39 is 0 Å². The molecule has 0 unspecified atom stereocenters. The summed E-state index contributed by atoms with van der Waals surface area (Å²) in [5.41, 5.74) is 0. The molecule has 2 fully saturated rings. The van der Waals surface area contributed by atoms with Gasteiger partial charge in [-0.25, -0.2) is 0 Å². The second-order valence-corrected chi connectivity index (χ2v) is 7.83. The van der Waals surface area contributed by atoms with Gasteiger partial charge in [-0.2, -0.15) is 0 Å². The van der Waals surface area contributed by atoms with Gasteiger partial charge in [-0.1, -0.05) is 6.92 Å². The predicted octanol–water partition coefficient (Wildman–Crippen LogP) is 1.24. The van der Waals surface area contributed by atoms with Gasteiger partial charge in [0.15, 0.2) is 5.82 Å². The maximum Gasteiger partial charge on any atom is 0.236 e. The van der Waals surface area contributed by atoms with Gasteiger partial charge < -0.3 is 14.2 Å². The Labute approximate surface area is 149 Å². The maximum atomic E-state index is 12.8. The number of aromatic nitrogens is 3. The second-order valence-electron chi connectivity index (χ2n) is 7.83. The van der Waals surface area contributed by atoms with Crippen molar-refractivity contribution < 1.29 is 9.53 Å². The van der Waals surface area contributed by atoms with E-state index in [2.05, 4.69) is 26.6 Å². The molecule has 3 aliphatic heterocycles. The standard InChI is InChI=1S/C18H29N5O2/c1-13-5-8-21(9-6-13)17(24)12-22-11-14(25-2)10-15(22)18-20-19-16-4-3-7-23(16)18/h13-15H,3-12H2,1-2H3/t14-,15+/m1/s1. The number of nitrogens with zero attached hydrogens (tertiary/aromatic N) is 5. The minimum absolute atomic E-state index is 0.136. The van der Waals surface area contributed by atoms with Crippen LogP contribution in [0.15, 0.2) is 0 Å². The topological polar surface area (TPSA) is 63.5 Å². The van der Waals surface area contributed by atoms with Gasteiger partial charge in [0.2, 0.25) is 5.91 Å². The average Bonchev–Trinajstić information content (AvgIpc) is 3.30. The third-order valence-electron chi connectivity index (χ3n) is 6.11. The first kappa shape index (κ1) is 17.0. The number of rotatable bonds is 4. The Morgan fingerprint density at radius 3 is 2.80 bits per heavy atom. The van der Waals surface area contributed by atoms with Gasteiger partial charge in [0.05, 0.1) is 18.7 Å². The number of hydrogen-bond donors (Lipinski definition) is 0. The first-order valence-corrected chi connectivity index (χ1v) is 9.62. The molecule has 3 aliphatic rings. The van der Waals surface area contributed by atoms with Gasteiger partial charge in [-0.15, -0.1) is 10.2 Å². The molecule has 7 heteroatoms. The summed E-state index contributed by atoms with van der Waals surface area (Å²) < 4.78 is 7.86. The van der Waals surface area contributed by atoms with Crippen LogP contribution in [0.3, 0.4) is 0 Å². The summed E-state index contributed by atoms with van der Waals surface area (Å²) in [6.45, 7) is 6.31. The molecule has 0 aromatic carbocycles. The van der Waals surface area contributed by atoms with Crippen LogP contribution in [-0.2, 0) is 22.5 Å². The molecule has 25 heavy (non-hydrogen) atoms. The van der Waals surface area contributed by atoms with Crippen LogP contribution in [0.1, 0.15) is 50.3 Å². The molecule has 0 spiro atoms. The first-order chi connectivity index (χ1) is 12.2. The molecule has 0 saturated carbocycles. The summed E-state index contributed by atoms with van der Waals surface area (Å²) in [6.07, 6.45) is 5.44. The Kier molecular flexibility index (Phi) is 4.78. The Balaban J connectivity index is 1.47. The van der Waals surface area contributed by atoms with Gasteiger partial charge in [0, 0.05) is 39.7 Å². The van der Waals surface area contributed by atoms with Crippen molar-refractivity contribution in [2.24, 2.45) is 5.92 Å². The van der Waals surface area contributed by atoms with Crippen LogP contribution in [0.2, 0.25) is 0 Å². The molecule has 4 rings (SSSR count). The Morgan fingerprint density at radius 1 is 1.24 bits per heavy atom. The summed E-state index contributed by atoms with van der Waals surface area (Å²) in [7, 11) is 1.76. The molecule has 7 nitrogen and oxygen atoms in total. The average molecular weight is 347 g/mol. The van der Waals surface area contributed by atoms with E-state index in [0.29, 0.717) is 6.54 Å². The Bertz CT molecular complexity index is 623. The fourth-order valence-electron chi connectivity index (χ4n) is 4.43. The van der Waals surface area contributed by atoms with E-state index in [0.717, 1.165) is 75.8 Å². The number of methoxy groups -OCH3 is 1. The summed E-state index contributed by atoms with van der Waals surface area (Å²) in [4.78, 5) is 17.1. The number of likely N-dealkylation sites (tertiary alicyclic amines) is 2. The summed E-state index contributed by atoms with van der Waals surface area (Å²) >= 11 is 0. The van der Waals surface area contributed by atoms with Gasteiger partial charge >= 0.3 is 0 Å². The van der Waals surface area contributed by atoms with Crippen LogP contribution in [0.25, 0.3) is 0 Å². The highest BCUT2D eigenvalue weighted by atomic mass is 16.5. The van der Waals surface area contributed by atoms with Crippen molar-refractivity contribution in [3.05, 3.63) is 11.6 Å². The highest BCUT2D eigenvalue weighted by molar-refractivity contribution is 5.78. The van der Waals surface area contributed by atoms with E-state index in [1.54, 1.807) is 7.11 Å². The van der Waals surface area contributed by atoms with E-state index in [4.69, 9.17) is 4.74 Å². The molecule has 1 aromatic rings. The van der Waals surface area contributed by atoms with Crippen LogP contribution >= 0.6 is 0 Å². The molecular weight excluding hydrogens is 318 g/mol. The number of piperidine rings is 1. The lowest BCUT2D eigenvalue weighted by molar-refractivity contribution is -0.134. The molecule has 0 bridgehead atoms. The minimum atomic E-state index is 0.136. The van der Waals surface area contributed by atoms with E-state index in [-0.39, 0.29) is 18.1 Å². The fraction of sp³-hybridized carbons (Fsp3) is 0.833. The van der Waals surface area contributed by atoms with Crippen molar-refractivity contribution in [3.8, 4) is 0 Å². The lowest BCUT2D eigenvalue weighted by atomic mass is 9.99. The number of hydrogen-bond acceptors (Lipinski definition) is 5. The van der Waals surface area contributed by atoms with E-state index in [9.17, 15) is 4.79 Å². The molecular formula is C18H29N5O2. The summed E-state index contributed by atoms with van der Waals surface area (Å²) in [6, 6.07) is 0.136. The van der Waals surface area contributed by atoms with Crippen molar-refractivity contribution in [1.29, 1.82) is 0 Å². The smallest absolute Gasteiger partial charge is 0.236 e. The molecule has 1 aromatic heterocycles. The monoisotopic (exact) mass is 347 g/mol. The number of amides is 1. The van der Waals surface area contributed by atoms with Gasteiger partial charge in [0.1, 0.15) is 5.82 Å². The zero-order valence-electron chi connectivity index (χ0n) is 15.4. The number of fused-ring (bicyclic) bond motifs is 1. The zero-order chi connectivity index (χ0) is 17.4. The van der Waals surface area contributed by atoms with Crippen LogP contribution in [0.4, 0.5) is 0 Å². The molecule has 138 valence electrons. The van der Waals surface area contributed by atoms with E-state index in [1.807, 2.05) is 4.90 Å². The van der Waals surface area contributed by atoms with Crippen molar-refractivity contribution in [2.45, 2.75) is 57.7 Å². The predicted molar refractivity (Wildman–Crippen MR) is 93.0 cm³/mol. The molecule has 1 amide bonds. The molecule has 2 saturated heterocycles. The van der Waals surface area contributed by atoms with Crippen LogP contribution in [0.5, 0.6) is 0 Å². The van der Waals surface area contributed by atoms with Gasteiger partial charge in [0.25, 0.3) is 0 Å². The van der Waals surface area contributed by atoms with Crippen molar-refractivity contribution >= 4 is 5.91 Å². The van der Waals surface area contributed by atoms with Crippen molar-refractivity contribution in [1.82, 2.24) is 24.6 Å². The third kappa shape index (κ3) is 3.31. The molecule has 0 aliphatic carbocycles. The Morgan fingerprint density at radius 2 is 2.04 bits per heavy atom. The zero-order valence-corrected chi connectivity index (χ0v) is 15.4. The van der Waals surface area contributed by atoms with Crippen LogP contribution in [-0.4, -0.2) is 69.9 Å². The third-order valence-corrected chi connectivity index (χ3v) is 6.11. The lowest BCUT2D eigenvalue weighted by Gasteiger charge is -2.32. The van der Waals surface area contributed by atoms with Crippen LogP contribution < -0.4 is 0 Å². The molecule has 4 heterocycles. The number of carbonyl (C=O) groups excluding carboxylic acids is 1. The lowest BCUT2D eigenvalue weighted by Crippen LogP contribution is -2.44. The first-order valence-electron chi connectivity index (χ1n) is 9.62. The highest BCUT2D eigenvalue weighted by Gasteiger charge is 2.39. The number of aryl methyl sites for hydroxylation is 1. The second kappa shape index (κ2) is 7.03. The number of ether oxygens (including phenoxy) is 1. The van der Waals surface area contributed by atoms with Gasteiger partial charge in [-0.05, 0) is 31.6 Å². The quantitative estimate of drug-likeness (QED) is 0.820. The number of carbonyl (C=O) groups is 1. The van der Waals surface area contributed by atoms with Gasteiger partial charge in [-0.3, -0.25) is 9.69 Å². The van der Waals surface area contributed by atoms with Crippen LogP contribution in [0, 0.1) is 5.92 Å². The fourth-order valence-corrected chi connectivity index (χ4v) is 4.43. The highest BCUT2D eigenvalue weighted by Crippen LogP contribution is 2.34. The Hall–Kier alpha value is -1.47. The van der Waals surface area contributed by atoms with E-state index in [1.165, 1.54) is 0 Å². The molecule has 2 atom stereocenters. The molecule has 0 radical (unpaired) electrons. The van der Waals surface area contributed by atoms with Crippen molar-refractivity contribution in [2.75, 3.05) is 33.3 Å².